The first-order chi connectivity index (χ1) is 7.79. The van der Waals surface area contributed by atoms with E-state index in [0.717, 1.165) is 18.4 Å². The van der Waals surface area contributed by atoms with Gasteiger partial charge in [-0.1, -0.05) is 11.8 Å². The van der Waals surface area contributed by atoms with Crippen LogP contribution in [0.2, 0.25) is 0 Å². The summed E-state index contributed by atoms with van der Waals surface area (Å²) < 4.78 is 0. The number of amides is 1. The standard InChI is InChI=1S/C12H13N3O/c13-7-1-2-9-3-6-11(14-8-9)12(16)15-10-4-5-10/h3,6,8,10H,4-5,7,13H2,(H,15,16). The van der Waals surface area contributed by atoms with Crippen molar-refractivity contribution in [3.05, 3.63) is 29.6 Å². The van der Waals surface area contributed by atoms with Crippen molar-refractivity contribution in [2.45, 2.75) is 18.9 Å². The van der Waals surface area contributed by atoms with Crippen molar-refractivity contribution in [3.63, 3.8) is 0 Å². The van der Waals surface area contributed by atoms with Gasteiger partial charge in [-0.25, -0.2) is 4.98 Å². The summed E-state index contributed by atoms with van der Waals surface area (Å²) in [5.74, 6) is 5.48. The number of nitrogens with one attached hydrogen (secondary N) is 1. The molecule has 0 bridgehead atoms. The first-order valence-electron chi connectivity index (χ1n) is 5.25. The fraction of sp³-hybridized carbons (Fsp3) is 0.333. The molecule has 1 aromatic heterocycles. The van der Waals surface area contributed by atoms with Gasteiger partial charge >= 0.3 is 0 Å². The molecule has 2 rings (SSSR count). The van der Waals surface area contributed by atoms with Crippen LogP contribution in [0.1, 0.15) is 28.9 Å². The summed E-state index contributed by atoms with van der Waals surface area (Å²) in [6, 6.07) is 3.81. The molecule has 1 aliphatic carbocycles. The second kappa shape index (κ2) is 4.77. The zero-order valence-electron chi connectivity index (χ0n) is 8.86. The van der Waals surface area contributed by atoms with Gasteiger partial charge in [-0.3, -0.25) is 4.79 Å². The molecule has 3 N–H and O–H groups in total. The molecule has 1 saturated carbocycles. The number of carbonyl (C=O) groups excluding carboxylic acids is 1. The lowest BCUT2D eigenvalue weighted by Crippen LogP contribution is -2.26. The summed E-state index contributed by atoms with van der Waals surface area (Å²) >= 11 is 0. The Bertz CT molecular complexity index is 438. The van der Waals surface area contributed by atoms with Gasteiger partial charge in [-0.15, -0.1) is 0 Å². The van der Waals surface area contributed by atoms with E-state index in [4.69, 9.17) is 5.73 Å². The van der Waals surface area contributed by atoms with Crippen molar-refractivity contribution in [2.24, 2.45) is 5.73 Å². The molecule has 0 unspecified atom stereocenters. The Kier molecular flexibility index (Phi) is 3.18. The maximum Gasteiger partial charge on any atom is 0.270 e. The van der Waals surface area contributed by atoms with E-state index in [1.54, 1.807) is 18.3 Å². The van der Waals surface area contributed by atoms with Gasteiger partial charge in [0.25, 0.3) is 5.91 Å². The summed E-state index contributed by atoms with van der Waals surface area (Å²) in [6.07, 6.45) is 3.74. The van der Waals surface area contributed by atoms with Crippen LogP contribution in [0.4, 0.5) is 0 Å². The van der Waals surface area contributed by atoms with Crippen molar-refractivity contribution < 1.29 is 4.79 Å². The predicted molar refractivity (Wildman–Crippen MR) is 60.7 cm³/mol. The van der Waals surface area contributed by atoms with Crippen LogP contribution < -0.4 is 11.1 Å². The first-order valence-corrected chi connectivity index (χ1v) is 5.25. The van der Waals surface area contributed by atoms with E-state index < -0.39 is 0 Å². The summed E-state index contributed by atoms with van der Waals surface area (Å²) in [6.45, 7) is 0.323. The van der Waals surface area contributed by atoms with Crippen LogP contribution in [-0.4, -0.2) is 23.5 Å². The normalized spacial score (nSPS) is 13.8. The van der Waals surface area contributed by atoms with Gasteiger partial charge in [0, 0.05) is 17.8 Å². The van der Waals surface area contributed by atoms with Crippen molar-refractivity contribution in [1.82, 2.24) is 10.3 Å². The smallest absolute Gasteiger partial charge is 0.270 e. The van der Waals surface area contributed by atoms with Crippen LogP contribution in [0, 0.1) is 11.8 Å². The number of pyridine rings is 1. The van der Waals surface area contributed by atoms with E-state index in [1.807, 2.05) is 0 Å². The van der Waals surface area contributed by atoms with Gasteiger partial charge in [0.15, 0.2) is 0 Å². The highest BCUT2D eigenvalue weighted by Gasteiger charge is 2.24. The SMILES string of the molecule is NCC#Cc1ccc(C(=O)NC2CC2)nc1. The molecule has 0 aromatic carbocycles. The molecule has 0 atom stereocenters. The van der Waals surface area contributed by atoms with Crippen LogP contribution in [-0.2, 0) is 0 Å². The van der Waals surface area contributed by atoms with E-state index in [0.29, 0.717) is 18.3 Å². The number of aromatic nitrogens is 1. The van der Waals surface area contributed by atoms with Gasteiger partial charge in [0.2, 0.25) is 0 Å². The van der Waals surface area contributed by atoms with E-state index in [-0.39, 0.29) is 5.91 Å². The third kappa shape index (κ3) is 2.81. The second-order valence-corrected chi connectivity index (χ2v) is 3.69. The molecule has 1 aliphatic rings. The van der Waals surface area contributed by atoms with Crippen molar-refractivity contribution in [2.75, 3.05) is 6.54 Å². The van der Waals surface area contributed by atoms with Crippen LogP contribution in [0.15, 0.2) is 18.3 Å². The zero-order valence-corrected chi connectivity index (χ0v) is 8.86. The van der Waals surface area contributed by atoms with Crippen molar-refractivity contribution in [3.8, 4) is 11.8 Å². The maximum absolute atomic E-state index is 11.6. The van der Waals surface area contributed by atoms with Crippen molar-refractivity contribution >= 4 is 5.91 Å². The monoisotopic (exact) mass is 215 g/mol. The Morgan fingerprint density at radius 2 is 2.38 bits per heavy atom. The number of hydrogen-bond acceptors (Lipinski definition) is 3. The highest BCUT2D eigenvalue weighted by atomic mass is 16.2. The molecule has 82 valence electrons. The lowest BCUT2D eigenvalue weighted by molar-refractivity contribution is 0.0946. The second-order valence-electron chi connectivity index (χ2n) is 3.69. The number of hydrogen-bond donors (Lipinski definition) is 2. The Balaban J connectivity index is 2.02. The lowest BCUT2D eigenvalue weighted by atomic mass is 10.2. The van der Waals surface area contributed by atoms with Gasteiger partial charge in [0.05, 0.1) is 6.54 Å². The average molecular weight is 215 g/mol. The molecule has 1 amide bonds. The number of rotatable bonds is 2. The predicted octanol–water partition coefficient (Wildman–Crippen LogP) is 0.284. The number of nitrogens with zero attached hydrogens (tertiary/aromatic N) is 1. The highest BCUT2D eigenvalue weighted by molar-refractivity contribution is 5.92. The molecule has 0 aliphatic heterocycles. The topological polar surface area (TPSA) is 68.0 Å². The minimum absolute atomic E-state index is 0.110. The molecule has 0 saturated heterocycles. The summed E-state index contributed by atoms with van der Waals surface area (Å²) in [5, 5.41) is 2.88. The lowest BCUT2D eigenvalue weighted by Gasteiger charge is -2.01. The van der Waals surface area contributed by atoms with Crippen LogP contribution in [0.25, 0.3) is 0 Å². The largest absolute Gasteiger partial charge is 0.348 e. The van der Waals surface area contributed by atoms with E-state index in [1.165, 1.54) is 0 Å². The molecule has 16 heavy (non-hydrogen) atoms. The Morgan fingerprint density at radius 3 is 2.94 bits per heavy atom. The Labute approximate surface area is 94.3 Å². The summed E-state index contributed by atoms with van der Waals surface area (Å²) in [5.41, 5.74) is 6.47. The zero-order chi connectivity index (χ0) is 11.4. The van der Waals surface area contributed by atoms with Gasteiger partial charge < -0.3 is 11.1 Å². The molecule has 0 radical (unpaired) electrons. The third-order valence-electron chi connectivity index (χ3n) is 2.24. The fourth-order valence-electron chi connectivity index (χ4n) is 1.24. The van der Waals surface area contributed by atoms with Crippen LogP contribution >= 0.6 is 0 Å². The summed E-state index contributed by atoms with van der Waals surface area (Å²) in [7, 11) is 0. The maximum atomic E-state index is 11.6. The first kappa shape index (κ1) is 10.7. The fourth-order valence-corrected chi connectivity index (χ4v) is 1.24. The quantitative estimate of drug-likeness (QED) is 0.696. The van der Waals surface area contributed by atoms with Gasteiger partial charge in [-0.05, 0) is 25.0 Å². The van der Waals surface area contributed by atoms with Crippen LogP contribution in [0.5, 0.6) is 0 Å². The molecule has 1 fully saturated rings. The molecule has 4 nitrogen and oxygen atoms in total. The Hall–Kier alpha value is -1.86. The molecule has 0 spiro atoms. The number of nitrogens with two attached hydrogens (primary N) is 1. The third-order valence-corrected chi connectivity index (χ3v) is 2.24. The van der Waals surface area contributed by atoms with Gasteiger partial charge in [-0.2, -0.15) is 0 Å². The van der Waals surface area contributed by atoms with Crippen molar-refractivity contribution in [1.29, 1.82) is 0 Å². The molecule has 4 heteroatoms. The highest BCUT2D eigenvalue weighted by Crippen LogP contribution is 2.18. The van der Waals surface area contributed by atoms with Crippen LogP contribution in [0.3, 0.4) is 0 Å². The van der Waals surface area contributed by atoms with Gasteiger partial charge in [0.1, 0.15) is 5.69 Å². The minimum Gasteiger partial charge on any atom is -0.348 e. The molecule has 1 heterocycles. The van der Waals surface area contributed by atoms with E-state index in [9.17, 15) is 4.79 Å². The number of carbonyl (C=O) groups is 1. The molecular formula is C12H13N3O. The average Bonchev–Trinajstić information content (AvgIpc) is 3.11. The molecular weight excluding hydrogens is 202 g/mol. The minimum atomic E-state index is -0.110. The molecule has 1 aromatic rings. The Morgan fingerprint density at radius 1 is 1.56 bits per heavy atom. The van der Waals surface area contributed by atoms with E-state index in [2.05, 4.69) is 22.1 Å². The summed E-state index contributed by atoms with van der Waals surface area (Å²) in [4.78, 5) is 15.6. The van der Waals surface area contributed by atoms with E-state index >= 15 is 0 Å².